The Bertz CT molecular complexity index is 304. The number of aromatic nitrogens is 1. The highest BCUT2D eigenvalue weighted by atomic mass is 32.1. The van der Waals surface area contributed by atoms with Gasteiger partial charge in [0.1, 0.15) is 5.01 Å². The van der Waals surface area contributed by atoms with Crippen LogP contribution < -0.4 is 5.32 Å². The highest BCUT2D eigenvalue weighted by molar-refractivity contribution is 7.09. The van der Waals surface area contributed by atoms with E-state index in [2.05, 4.69) is 29.5 Å². The third-order valence-electron chi connectivity index (χ3n) is 3.26. The van der Waals surface area contributed by atoms with Crippen molar-refractivity contribution in [3.63, 3.8) is 0 Å². The summed E-state index contributed by atoms with van der Waals surface area (Å²) in [7, 11) is 2.05. The number of hydrogen-bond donors (Lipinski definition) is 1. The van der Waals surface area contributed by atoms with Crippen molar-refractivity contribution in [3.05, 3.63) is 16.1 Å². The smallest absolute Gasteiger partial charge is 0.113 e. The van der Waals surface area contributed by atoms with Crippen LogP contribution in [-0.2, 0) is 5.54 Å². The summed E-state index contributed by atoms with van der Waals surface area (Å²) in [4.78, 5) is 4.58. The van der Waals surface area contributed by atoms with Crippen molar-refractivity contribution in [2.75, 3.05) is 7.05 Å². The fourth-order valence-electron chi connectivity index (χ4n) is 2.08. The van der Waals surface area contributed by atoms with Gasteiger partial charge < -0.3 is 5.32 Å². The Labute approximate surface area is 83.4 Å². The van der Waals surface area contributed by atoms with Gasteiger partial charge in [-0.1, -0.05) is 6.92 Å². The first-order valence-electron chi connectivity index (χ1n) is 4.80. The van der Waals surface area contributed by atoms with Gasteiger partial charge in [0, 0.05) is 11.1 Å². The van der Waals surface area contributed by atoms with Gasteiger partial charge in [0.05, 0.1) is 5.54 Å². The van der Waals surface area contributed by atoms with Gasteiger partial charge >= 0.3 is 0 Å². The van der Waals surface area contributed by atoms with E-state index in [0.29, 0.717) is 0 Å². The number of thiazole rings is 1. The van der Waals surface area contributed by atoms with Gasteiger partial charge in [-0.25, -0.2) is 4.98 Å². The molecule has 2 unspecified atom stereocenters. The quantitative estimate of drug-likeness (QED) is 0.785. The van der Waals surface area contributed by atoms with E-state index in [9.17, 15) is 0 Å². The molecule has 0 saturated heterocycles. The predicted molar refractivity (Wildman–Crippen MR) is 56.0 cm³/mol. The number of nitrogens with zero attached hydrogens (tertiary/aromatic N) is 1. The van der Waals surface area contributed by atoms with Crippen LogP contribution in [0.2, 0.25) is 0 Å². The van der Waals surface area contributed by atoms with Crippen molar-refractivity contribution in [1.82, 2.24) is 10.3 Å². The minimum atomic E-state index is 0.193. The third-order valence-corrected chi connectivity index (χ3v) is 4.40. The van der Waals surface area contributed by atoms with Crippen LogP contribution in [0.1, 0.15) is 30.5 Å². The lowest BCUT2D eigenvalue weighted by atomic mass is 9.68. The van der Waals surface area contributed by atoms with Crippen LogP contribution in [0.5, 0.6) is 0 Å². The molecule has 1 aromatic heterocycles. The first kappa shape index (κ1) is 9.16. The lowest BCUT2D eigenvalue weighted by Gasteiger charge is -2.46. The predicted octanol–water partition coefficient (Wildman–Crippen LogP) is 2.30. The van der Waals surface area contributed by atoms with Gasteiger partial charge in [-0.2, -0.15) is 0 Å². The summed E-state index contributed by atoms with van der Waals surface area (Å²) in [5, 5.41) is 6.85. The summed E-state index contributed by atoms with van der Waals surface area (Å²) in [5.41, 5.74) is 1.34. The van der Waals surface area contributed by atoms with E-state index < -0.39 is 0 Å². The van der Waals surface area contributed by atoms with Gasteiger partial charge in [-0.15, -0.1) is 11.3 Å². The van der Waals surface area contributed by atoms with Crippen LogP contribution in [-0.4, -0.2) is 12.0 Å². The van der Waals surface area contributed by atoms with Crippen molar-refractivity contribution in [2.45, 2.75) is 32.2 Å². The molecule has 1 aromatic rings. The third kappa shape index (κ3) is 1.22. The van der Waals surface area contributed by atoms with E-state index >= 15 is 0 Å². The average Bonchev–Trinajstić information content (AvgIpc) is 2.52. The molecule has 1 N–H and O–H groups in total. The second-order valence-corrected chi connectivity index (χ2v) is 4.81. The SMILES string of the molecule is CNC1(c2nc(C)cs2)CCC1C. The van der Waals surface area contributed by atoms with E-state index in [1.807, 2.05) is 7.05 Å². The van der Waals surface area contributed by atoms with Gasteiger partial charge in [0.25, 0.3) is 0 Å². The van der Waals surface area contributed by atoms with Crippen molar-refractivity contribution in [3.8, 4) is 0 Å². The van der Waals surface area contributed by atoms with Crippen LogP contribution >= 0.6 is 11.3 Å². The van der Waals surface area contributed by atoms with Crippen LogP contribution in [0.25, 0.3) is 0 Å². The maximum absolute atomic E-state index is 4.58. The molecule has 72 valence electrons. The average molecular weight is 196 g/mol. The molecular formula is C10H16N2S. The zero-order valence-corrected chi connectivity index (χ0v) is 9.24. The van der Waals surface area contributed by atoms with E-state index in [1.165, 1.54) is 17.8 Å². The van der Waals surface area contributed by atoms with Crippen molar-refractivity contribution >= 4 is 11.3 Å². The molecule has 0 aromatic carbocycles. The maximum atomic E-state index is 4.58. The summed E-state index contributed by atoms with van der Waals surface area (Å²) in [5.74, 6) is 0.725. The molecule has 2 rings (SSSR count). The standard InChI is InChI=1S/C10H16N2S/c1-7-4-5-10(7,11-3)9-12-8(2)6-13-9/h6-7,11H,4-5H2,1-3H3. The lowest BCUT2D eigenvalue weighted by Crippen LogP contribution is -2.52. The molecule has 13 heavy (non-hydrogen) atoms. The van der Waals surface area contributed by atoms with E-state index in [4.69, 9.17) is 0 Å². The maximum Gasteiger partial charge on any atom is 0.113 e. The normalized spacial score (nSPS) is 33.0. The highest BCUT2D eigenvalue weighted by Crippen LogP contribution is 2.46. The molecule has 1 fully saturated rings. The first-order valence-corrected chi connectivity index (χ1v) is 5.68. The summed E-state index contributed by atoms with van der Waals surface area (Å²) in [6, 6.07) is 0. The van der Waals surface area contributed by atoms with Crippen LogP contribution in [0, 0.1) is 12.8 Å². The fraction of sp³-hybridized carbons (Fsp3) is 0.700. The Hall–Kier alpha value is -0.410. The molecule has 1 aliphatic rings. The van der Waals surface area contributed by atoms with Gasteiger partial charge in [0.15, 0.2) is 0 Å². The number of rotatable bonds is 2. The van der Waals surface area contributed by atoms with Gasteiger partial charge in [-0.3, -0.25) is 0 Å². The zero-order valence-electron chi connectivity index (χ0n) is 8.42. The Morgan fingerprint density at radius 3 is 2.77 bits per heavy atom. The number of nitrogens with one attached hydrogen (secondary N) is 1. The molecule has 0 spiro atoms. The molecule has 0 radical (unpaired) electrons. The molecular weight excluding hydrogens is 180 g/mol. The first-order chi connectivity index (χ1) is 6.19. The van der Waals surface area contributed by atoms with Crippen LogP contribution in [0.4, 0.5) is 0 Å². The molecule has 0 aliphatic heterocycles. The Balaban J connectivity index is 2.32. The van der Waals surface area contributed by atoms with E-state index in [0.717, 1.165) is 11.6 Å². The number of hydrogen-bond acceptors (Lipinski definition) is 3. The second-order valence-electron chi connectivity index (χ2n) is 3.96. The minimum Gasteiger partial charge on any atom is -0.308 e. The molecule has 0 bridgehead atoms. The van der Waals surface area contributed by atoms with Crippen molar-refractivity contribution in [1.29, 1.82) is 0 Å². The molecule has 0 amide bonds. The molecule has 1 aliphatic carbocycles. The van der Waals surface area contributed by atoms with E-state index in [1.54, 1.807) is 11.3 Å². The largest absolute Gasteiger partial charge is 0.308 e. The van der Waals surface area contributed by atoms with Crippen LogP contribution in [0.3, 0.4) is 0 Å². The van der Waals surface area contributed by atoms with Gasteiger partial charge in [-0.05, 0) is 32.7 Å². The summed E-state index contributed by atoms with van der Waals surface area (Å²) in [6.45, 7) is 4.36. The van der Waals surface area contributed by atoms with Crippen molar-refractivity contribution in [2.24, 2.45) is 5.92 Å². The Morgan fingerprint density at radius 1 is 1.69 bits per heavy atom. The summed E-state index contributed by atoms with van der Waals surface area (Å²) in [6.07, 6.45) is 2.55. The molecule has 1 heterocycles. The minimum absolute atomic E-state index is 0.193. The number of aryl methyl sites for hydroxylation is 1. The van der Waals surface area contributed by atoms with Gasteiger partial charge in [0.2, 0.25) is 0 Å². The topological polar surface area (TPSA) is 24.9 Å². The molecule has 1 saturated carbocycles. The fourth-order valence-corrected chi connectivity index (χ4v) is 3.22. The van der Waals surface area contributed by atoms with Crippen LogP contribution in [0.15, 0.2) is 5.38 Å². The Kier molecular flexibility index (Phi) is 2.16. The second kappa shape index (κ2) is 3.07. The molecule has 2 nitrogen and oxygen atoms in total. The van der Waals surface area contributed by atoms with Crippen molar-refractivity contribution < 1.29 is 0 Å². The highest BCUT2D eigenvalue weighted by Gasteiger charge is 2.46. The zero-order chi connectivity index (χ0) is 9.47. The summed E-state index contributed by atoms with van der Waals surface area (Å²) >= 11 is 1.79. The monoisotopic (exact) mass is 196 g/mol. The Morgan fingerprint density at radius 2 is 2.46 bits per heavy atom. The molecule has 2 atom stereocenters. The molecule has 3 heteroatoms. The summed E-state index contributed by atoms with van der Waals surface area (Å²) < 4.78 is 0. The van der Waals surface area contributed by atoms with E-state index in [-0.39, 0.29) is 5.54 Å². The lowest BCUT2D eigenvalue weighted by molar-refractivity contribution is 0.104.